The normalized spacial score (nSPS) is 24.1. The van der Waals surface area contributed by atoms with Crippen LogP contribution in [0.3, 0.4) is 0 Å². The van der Waals surface area contributed by atoms with Gasteiger partial charge in [0.15, 0.2) is 0 Å². The van der Waals surface area contributed by atoms with Crippen molar-refractivity contribution in [3.8, 4) is 0 Å². The van der Waals surface area contributed by atoms with E-state index in [1.165, 1.54) is 0 Å². The lowest BCUT2D eigenvalue weighted by Crippen LogP contribution is -2.53. The molecule has 100 valence electrons. The van der Waals surface area contributed by atoms with Crippen molar-refractivity contribution < 1.29 is 9.47 Å². The molecule has 1 saturated heterocycles. The highest BCUT2D eigenvalue weighted by atomic mass is 16.5. The summed E-state index contributed by atoms with van der Waals surface area (Å²) in [6.07, 6.45) is 5.41. The van der Waals surface area contributed by atoms with Gasteiger partial charge in [-0.2, -0.15) is 0 Å². The number of rotatable bonds is 4. The molecule has 1 atom stereocenters. The summed E-state index contributed by atoms with van der Waals surface area (Å²) in [7, 11) is 1.71. The molecule has 0 saturated carbocycles. The second-order valence-corrected chi connectivity index (χ2v) is 5.37. The summed E-state index contributed by atoms with van der Waals surface area (Å²) >= 11 is 0. The Labute approximate surface area is 108 Å². The summed E-state index contributed by atoms with van der Waals surface area (Å²) in [5.74, 6) is 0. The fourth-order valence-corrected chi connectivity index (χ4v) is 2.48. The molecule has 1 aromatic heterocycles. The van der Waals surface area contributed by atoms with E-state index in [9.17, 15) is 0 Å². The molecule has 0 radical (unpaired) electrons. The number of nitrogens with zero attached hydrogens (tertiary/aromatic N) is 3. The molecule has 2 rings (SSSR count). The van der Waals surface area contributed by atoms with E-state index in [-0.39, 0.29) is 11.7 Å². The molecule has 0 N–H and O–H groups in total. The minimum atomic E-state index is -0.142. The highest BCUT2D eigenvalue weighted by Crippen LogP contribution is 2.22. The molecule has 0 unspecified atom stereocenters. The standard InChI is InChI=1S/C13H21N3O2/c1-13(2)9-16(7-12(18-13)8-17-3)6-11-4-14-10-15-5-11/h4-5,10,12H,6-9H2,1-3H3/t12-/m1/s1. The quantitative estimate of drug-likeness (QED) is 0.802. The van der Waals surface area contributed by atoms with Gasteiger partial charge in [0.1, 0.15) is 6.33 Å². The van der Waals surface area contributed by atoms with Crippen molar-refractivity contribution in [2.24, 2.45) is 0 Å². The third-order valence-electron chi connectivity index (χ3n) is 2.92. The minimum absolute atomic E-state index is 0.128. The lowest BCUT2D eigenvalue weighted by atomic mass is 10.0. The van der Waals surface area contributed by atoms with Crippen molar-refractivity contribution in [2.45, 2.75) is 32.1 Å². The van der Waals surface area contributed by atoms with Crippen LogP contribution in [0.1, 0.15) is 19.4 Å². The lowest BCUT2D eigenvalue weighted by Gasteiger charge is -2.42. The third-order valence-corrected chi connectivity index (χ3v) is 2.92. The maximum absolute atomic E-state index is 5.98. The molecule has 0 aromatic carbocycles. The van der Waals surface area contributed by atoms with Gasteiger partial charge < -0.3 is 9.47 Å². The van der Waals surface area contributed by atoms with Gasteiger partial charge in [-0.05, 0) is 13.8 Å². The van der Waals surface area contributed by atoms with Crippen LogP contribution in [-0.2, 0) is 16.0 Å². The van der Waals surface area contributed by atoms with Crippen molar-refractivity contribution in [3.05, 3.63) is 24.3 Å². The average Bonchev–Trinajstić information content (AvgIpc) is 2.28. The van der Waals surface area contributed by atoms with E-state index in [1.807, 2.05) is 12.4 Å². The second kappa shape index (κ2) is 5.73. The van der Waals surface area contributed by atoms with Crippen LogP contribution in [0.25, 0.3) is 0 Å². The zero-order valence-corrected chi connectivity index (χ0v) is 11.3. The van der Waals surface area contributed by atoms with Crippen molar-refractivity contribution in [1.82, 2.24) is 14.9 Å². The van der Waals surface area contributed by atoms with Crippen molar-refractivity contribution in [1.29, 1.82) is 0 Å². The highest BCUT2D eigenvalue weighted by molar-refractivity contribution is 5.03. The molecular weight excluding hydrogens is 230 g/mol. The van der Waals surface area contributed by atoms with E-state index >= 15 is 0 Å². The zero-order chi connectivity index (χ0) is 13.0. The molecule has 5 nitrogen and oxygen atoms in total. The molecule has 0 bridgehead atoms. The topological polar surface area (TPSA) is 47.5 Å². The molecule has 1 aliphatic heterocycles. The number of aromatic nitrogens is 2. The van der Waals surface area contributed by atoms with Gasteiger partial charge in [0, 0.05) is 44.7 Å². The van der Waals surface area contributed by atoms with Crippen molar-refractivity contribution in [2.75, 3.05) is 26.8 Å². The van der Waals surface area contributed by atoms with Gasteiger partial charge >= 0.3 is 0 Å². The molecule has 5 heteroatoms. The Hall–Kier alpha value is -1.04. The highest BCUT2D eigenvalue weighted by Gasteiger charge is 2.33. The first-order valence-electron chi connectivity index (χ1n) is 6.22. The van der Waals surface area contributed by atoms with Gasteiger partial charge in [-0.15, -0.1) is 0 Å². The fraction of sp³-hybridized carbons (Fsp3) is 0.692. The van der Waals surface area contributed by atoms with Gasteiger partial charge in [-0.3, -0.25) is 4.90 Å². The predicted molar refractivity (Wildman–Crippen MR) is 68.1 cm³/mol. The molecule has 1 fully saturated rings. The Morgan fingerprint density at radius 1 is 1.44 bits per heavy atom. The van der Waals surface area contributed by atoms with Crippen LogP contribution in [0.4, 0.5) is 0 Å². The molecule has 1 aliphatic rings. The number of hydrogen-bond donors (Lipinski definition) is 0. The second-order valence-electron chi connectivity index (χ2n) is 5.37. The van der Waals surface area contributed by atoms with Gasteiger partial charge in [-0.1, -0.05) is 0 Å². The van der Waals surface area contributed by atoms with E-state index < -0.39 is 0 Å². The number of hydrogen-bond acceptors (Lipinski definition) is 5. The third kappa shape index (κ3) is 3.73. The smallest absolute Gasteiger partial charge is 0.115 e. The maximum atomic E-state index is 5.98. The van der Waals surface area contributed by atoms with Crippen molar-refractivity contribution in [3.63, 3.8) is 0 Å². The largest absolute Gasteiger partial charge is 0.382 e. The Bertz CT molecular complexity index is 370. The van der Waals surface area contributed by atoms with Crippen molar-refractivity contribution >= 4 is 0 Å². The number of methoxy groups -OCH3 is 1. The molecule has 0 spiro atoms. The SMILES string of the molecule is COC[C@H]1CN(Cc2cncnc2)CC(C)(C)O1. The number of morpholine rings is 1. The summed E-state index contributed by atoms with van der Waals surface area (Å²) in [5, 5.41) is 0. The van der Waals surface area contributed by atoms with Crippen LogP contribution in [0.5, 0.6) is 0 Å². The summed E-state index contributed by atoms with van der Waals surface area (Å²) in [6, 6.07) is 0. The van der Waals surface area contributed by atoms with E-state index in [4.69, 9.17) is 9.47 Å². The van der Waals surface area contributed by atoms with E-state index in [0.717, 1.165) is 25.2 Å². The van der Waals surface area contributed by atoms with E-state index in [1.54, 1.807) is 13.4 Å². The summed E-state index contributed by atoms with van der Waals surface area (Å²) in [6.45, 7) is 7.50. The summed E-state index contributed by atoms with van der Waals surface area (Å²) < 4.78 is 11.2. The Morgan fingerprint density at radius 2 is 2.17 bits per heavy atom. The monoisotopic (exact) mass is 251 g/mol. The number of ether oxygens (including phenoxy) is 2. The minimum Gasteiger partial charge on any atom is -0.382 e. The van der Waals surface area contributed by atoms with Gasteiger partial charge in [0.2, 0.25) is 0 Å². The fourth-order valence-electron chi connectivity index (χ4n) is 2.48. The van der Waals surface area contributed by atoms with Crippen LogP contribution in [-0.4, -0.2) is 53.4 Å². The Balaban J connectivity index is 1.99. The van der Waals surface area contributed by atoms with Crippen LogP contribution < -0.4 is 0 Å². The van der Waals surface area contributed by atoms with E-state index in [0.29, 0.717) is 6.61 Å². The zero-order valence-electron chi connectivity index (χ0n) is 11.3. The van der Waals surface area contributed by atoms with Gasteiger partial charge in [0.25, 0.3) is 0 Å². The maximum Gasteiger partial charge on any atom is 0.115 e. The predicted octanol–water partition coefficient (Wildman–Crippen LogP) is 1.10. The molecule has 2 heterocycles. The van der Waals surface area contributed by atoms with Crippen LogP contribution in [0.15, 0.2) is 18.7 Å². The molecule has 1 aromatic rings. The van der Waals surface area contributed by atoms with Crippen LogP contribution >= 0.6 is 0 Å². The lowest BCUT2D eigenvalue weighted by molar-refractivity contribution is -0.154. The first-order valence-corrected chi connectivity index (χ1v) is 6.22. The van der Waals surface area contributed by atoms with E-state index in [2.05, 4.69) is 28.7 Å². The molecule has 0 amide bonds. The summed E-state index contributed by atoms with van der Waals surface area (Å²) in [4.78, 5) is 10.5. The molecule has 0 aliphatic carbocycles. The first-order chi connectivity index (χ1) is 8.59. The van der Waals surface area contributed by atoms with Gasteiger partial charge in [0.05, 0.1) is 18.3 Å². The summed E-state index contributed by atoms with van der Waals surface area (Å²) in [5.41, 5.74) is 0.989. The molecule has 18 heavy (non-hydrogen) atoms. The first kappa shape index (κ1) is 13.4. The molecular formula is C13H21N3O2. The Morgan fingerprint density at radius 3 is 2.83 bits per heavy atom. The Kier molecular flexibility index (Phi) is 4.27. The van der Waals surface area contributed by atoms with Crippen LogP contribution in [0, 0.1) is 0 Å². The van der Waals surface area contributed by atoms with Crippen LogP contribution in [0.2, 0.25) is 0 Å². The van der Waals surface area contributed by atoms with Gasteiger partial charge in [-0.25, -0.2) is 9.97 Å². The average molecular weight is 251 g/mol.